The highest BCUT2D eigenvalue weighted by Gasteiger charge is 2.38. The van der Waals surface area contributed by atoms with Crippen molar-refractivity contribution in [3.8, 4) is 17.2 Å². The molecule has 1 aliphatic heterocycles. The third-order valence-electron chi connectivity index (χ3n) is 3.78. The van der Waals surface area contributed by atoms with E-state index >= 15 is 0 Å². The molecule has 2 aromatic carbocycles. The van der Waals surface area contributed by atoms with Crippen molar-refractivity contribution in [2.45, 2.75) is 25.8 Å². The van der Waals surface area contributed by atoms with Crippen molar-refractivity contribution in [1.29, 1.82) is 0 Å². The van der Waals surface area contributed by atoms with Gasteiger partial charge in [-0.05, 0) is 42.8 Å². The molecule has 1 atom stereocenters. The molecular weight excluding hydrogens is 369 g/mol. The van der Waals surface area contributed by atoms with E-state index in [9.17, 15) is 13.2 Å². The van der Waals surface area contributed by atoms with Gasteiger partial charge >= 0.3 is 6.18 Å². The van der Waals surface area contributed by atoms with Gasteiger partial charge in [-0.2, -0.15) is 13.2 Å². The summed E-state index contributed by atoms with van der Waals surface area (Å²) in [6.07, 6.45) is -2.49. The number of fused-ring (bicyclic) bond motifs is 1. The Morgan fingerprint density at radius 1 is 1.19 bits per heavy atom. The molecule has 1 aliphatic rings. The highest BCUT2D eigenvalue weighted by atomic mass is 35.5. The number of hydrogen-bond acceptors (Lipinski definition) is 3. The average Bonchev–Trinajstić information content (AvgIpc) is 2.61. The van der Waals surface area contributed by atoms with E-state index in [4.69, 9.17) is 25.8 Å². The lowest BCUT2D eigenvalue weighted by Gasteiger charge is -2.18. The van der Waals surface area contributed by atoms with Crippen LogP contribution < -0.4 is 14.2 Å². The molecule has 0 bridgehead atoms. The van der Waals surface area contributed by atoms with Crippen molar-refractivity contribution in [2.75, 3.05) is 6.61 Å². The van der Waals surface area contributed by atoms with Crippen molar-refractivity contribution in [3.05, 3.63) is 58.6 Å². The van der Waals surface area contributed by atoms with Crippen LogP contribution in [0.2, 0.25) is 5.02 Å². The molecule has 3 nitrogen and oxygen atoms in total. The van der Waals surface area contributed by atoms with Crippen LogP contribution in [0.5, 0.6) is 17.2 Å². The SMILES string of the molecule is C[C@H](Oc1ccc(COc2ccc3c(c2)OCC=C3)cc1Cl)C(F)(F)F. The minimum Gasteiger partial charge on any atom is -0.489 e. The van der Waals surface area contributed by atoms with Gasteiger partial charge in [0, 0.05) is 11.6 Å². The fraction of sp³-hybridized carbons (Fsp3) is 0.263. The van der Waals surface area contributed by atoms with E-state index in [0.29, 0.717) is 17.9 Å². The first-order valence-electron chi connectivity index (χ1n) is 7.91. The average molecular weight is 385 g/mol. The molecule has 0 aliphatic carbocycles. The quantitative estimate of drug-likeness (QED) is 0.666. The first kappa shape index (κ1) is 18.5. The summed E-state index contributed by atoms with van der Waals surface area (Å²) in [7, 11) is 0. The van der Waals surface area contributed by atoms with E-state index in [2.05, 4.69) is 0 Å². The second kappa shape index (κ2) is 7.50. The normalized spacial score (nSPS) is 14.3. The van der Waals surface area contributed by atoms with E-state index in [0.717, 1.165) is 18.2 Å². The smallest absolute Gasteiger partial charge is 0.425 e. The zero-order chi connectivity index (χ0) is 18.7. The summed E-state index contributed by atoms with van der Waals surface area (Å²) in [5, 5.41) is 0.0983. The standard InChI is InChI=1S/C19H16ClF3O3/c1-12(19(21,22)23)26-17-7-4-13(9-16(17)20)11-25-15-6-5-14-3-2-8-24-18(14)10-15/h2-7,9-10,12H,8,11H2,1H3/t12-/m0/s1. The predicted molar refractivity (Wildman–Crippen MR) is 92.9 cm³/mol. The molecule has 0 saturated carbocycles. The van der Waals surface area contributed by atoms with Crippen LogP contribution in [0, 0.1) is 0 Å². The largest absolute Gasteiger partial charge is 0.489 e. The summed E-state index contributed by atoms with van der Waals surface area (Å²) in [5.41, 5.74) is 1.69. The summed E-state index contributed by atoms with van der Waals surface area (Å²) < 4.78 is 53.8. The molecule has 2 aromatic rings. The number of ether oxygens (including phenoxy) is 3. The van der Waals surface area contributed by atoms with E-state index in [1.165, 1.54) is 12.1 Å². The maximum Gasteiger partial charge on any atom is 0.425 e. The van der Waals surface area contributed by atoms with Gasteiger partial charge in [0.25, 0.3) is 0 Å². The van der Waals surface area contributed by atoms with Crippen LogP contribution in [0.4, 0.5) is 13.2 Å². The molecule has 1 heterocycles. The molecule has 7 heteroatoms. The summed E-state index contributed by atoms with van der Waals surface area (Å²) in [4.78, 5) is 0. The maximum atomic E-state index is 12.6. The lowest BCUT2D eigenvalue weighted by molar-refractivity contribution is -0.189. The van der Waals surface area contributed by atoms with Crippen molar-refractivity contribution in [1.82, 2.24) is 0 Å². The second-order valence-electron chi connectivity index (χ2n) is 5.77. The maximum absolute atomic E-state index is 12.6. The van der Waals surface area contributed by atoms with Crippen LogP contribution in [0.25, 0.3) is 6.08 Å². The molecule has 0 amide bonds. The fourth-order valence-corrected chi connectivity index (χ4v) is 2.58. The van der Waals surface area contributed by atoms with E-state index < -0.39 is 12.3 Å². The zero-order valence-corrected chi connectivity index (χ0v) is 14.6. The van der Waals surface area contributed by atoms with Crippen molar-refractivity contribution in [3.63, 3.8) is 0 Å². The van der Waals surface area contributed by atoms with Gasteiger partial charge in [-0.1, -0.05) is 23.7 Å². The summed E-state index contributed by atoms with van der Waals surface area (Å²) >= 11 is 6.02. The van der Waals surface area contributed by atoms with Crippen LogP contribution in [0.1, 0.15) is 18.1 Å². The molecule has 26 heavy (non-hydrogen) atoms. The number of halogens is 4. The molecule has 0 N–H and O–H groups in total. The Morgan fingerprint density at radius 3 is 2.73 bits per heavy atom. The van der Waals surface area contributed by atoms with Gasteiger partial charge in [0.1, 0.15) is 30.5 Å². The van der Waals surface area contributed by atoms with Crippen LogP contribution >= 0.6 is 11.6 Å². The van der Waals surface area contributed by atoms with Crippen LogP contribution in [-0.4, -0.2) is 18.9 Å². The third kappa shape index (κ3) is 4.43. The Labute approximate surface area is 153 Å². The fourth-order valence-electron chi connectivity index (χ4n) is 2.33. The van der Waals surface area contributed by atoms with Gasteiger partial charge in [-0.15, -0.1) is 0 Å². The van der Waals surface area contributed by atoms with Gasteiger partial charge in [0.05, 0.1) is 5.02 Å². The highest BCUT2D eigenvalue weighted by Crippen LogP contribution is 2.32. The van der Waals surface area contributed by atoms with Crippen molar-refractivity contribution < 1.29 is 27.4 Å². The molecule has 0 spiro atoms. The third-order valence-corrected chi connectivity index (χ3v) is 4.08. The molecule has 0 radical (unpaired) electrons. The number of alkyl halides is 3. The molecule has 0 fully saturated rings. The Kier molecular flexibility index (Phi) is 5.32. The molecule has 3 rings (SSSR count). The number of rotatable bonds is 5. The first-order valence-corrected chi connectivity index (χ1v) is 8.29. The van der Waals surface area contributed by atoms with Crippen molar-refractivity contribution in [2.24, 2.45) is 0 Å². The van der Waals surface area contributed by atoms with Crippen LogP contribution in [0.3, 0.4) is 0 Å². The highest BCUT2D eigenvalue weighted by molar-refractivity contribution is 6.32. The lowest BCUT2D eigenvalue weighted by atomic mass is 10.1. The van der Waals surface area contributed by atoms with Gasteiger partial charge < -0.3 is 14.2 Å². The van der Waals surface area contributed by atoms with E-state index in [1.54, 1.807) is 12.1 Å². The Morgan fingerprint density at radius 2 is 2.00 bits per heavy atom. The topological polar surface area (TPSA) is 27.7 Å². The zero-order valence-electron chi connectivity index (χ0n) is 13.8. The predicted octanol–water partition coefficient (Wildman–Crippen LogP) is 5.65. The molecule has 0 aromatic heterocycles. The Hall–Kier alpha value is -2.34. The summed E-state index contributed by atoms with van der Waals surface area (Å²) in [6, 6.07) is 10.1. The minimum atomic E-state index is -4.45. The monoisotopic (exact) mass is 384 g/mol. The Bertz CT molecular complexity index is 818. The van der Waals surface area contributed by atoms with Crippen molar-refractivity contribution >= 4 is 17.7 Å². The van der Waals surface area contributed by atoms with E-state index in [1.807, 2.05) is 24.3 Å². The summed E-state index contributed by atoms with van der Waals surface area (Å²) in [6.45, 7) is 1.66. The van der Waals surface area contributed by atoms with Crippen LogP contribution in [0.15, 0.2) is 42.5 Å². The minimum absolute atomic E-state index is 0.0193. The molecule has 138 valence electrons. The number of hydrogen-bond donors (Lipinski definition) is 0. The molecular formula is C19H16ClF3O3. The van der Waals surface area contributed by atoms with E-state index in [-0.39, 0.29) is 17.4 Å². The van der Waals surface area contributed by atoms with Gasteiger partial charge in [0.15, 0.2) is 6.10 Å². The van der Waals surface area contributed by atoms with Gasteiger partial charge in [-0.25, -0.2) is 0 Å². The van der Waals surface area contributed by atoms with Crippen LogP contribution in [-0.2, 0) is 6.61 Å². The Balaban J connectivity index is 1.64. The lowest BCUT2D eigenvalue weighted by Crippen LogP contribution is -2.31. The van der Waals surface area contributed by atoms with Gasteiger partial charge in [0.2, 0.25) is 0 Å². The number of benzene rings is 2. The molecule has 0 unspecified atom stereocenters. The first-order chi connectivity index (χ1) is 12.3. The van der Waals surface area contributed by atoms with Gasteiger partial charge in [-0.3, -0.25) is 0 Å². The summed E-state index contributed by atoms with van der Waals surface area (Å²) in [5.74, 6) is 1.35. The second-order valence-corrected chi connectivity index (χ2v) is 6.18. The molecule has 0 saturated heterocycles.